The molecule has 4 rings (SSSR count). The van der Waals surface area contributed by atoms with Crippen LogP contribution < -0.4 is 11.1 Å². The fourth-order valence-corrected chi connectivity index (χ4v) is 4.90. The minimum absolute atomic E-state index is 0.00510. The van der Waals surface area contributed by atoms with Crippen LogP contribution in [0, 0.1) is 11.8 Å². The largest absolute Gasteiger partial charge is 0.465 e. The number of benzene rings is 3. The number of carbonyl (C=O) groups is 2. The van der Waals surface area contributed by atoms with Crippen LogP contribution in [0.4, 0.5) is 0 Å². The average Bonchev–Trinajstić information content (AvgIpc) is 3.16. The van der Waals surface area contributed by atoms with Gasteiger partial charge in [0.1, 0.15) is 6.61 Å². The third-order valence-corrected chi connectivity index (χ3v) is 6.54. The molecule has 5 heteroatoms. The highest BCUT2D eigenvalue weighted by molar-refractivity contribution is 5.84. The third kappa shape index (κ3) is 6.17. The summed E-state index contributed by atoms with van der Waals surface area (Å²) in [5.74, 6) is -0.783. The van der Waals surface area contributed by atoms with Crippen molar-refractivity contribution >= 4 is 11.9 Å². The van der Waals surface area contributed by atoms with E-state index in [0.29, 0.717) is 18.8 Å². The molecule has 0 spiro atoms. The molecule has 0 aliphatic heterocycles. The number of hydrogen-bond acceptors (Lipinski definition) is 4. The number of nitrogens with two attached hydrogens (primary N) is 1. The maximum atomic E-state index is 13.1. The van der Waals surface area contributed by atoms with E-state index >= 15 is 0 Å². The number of nitrogens with one attached hydrogen (secondary N) is 1. The summed E-state index contributed by atoms with van der Waals surface area (Å²) in [7, 11) is 0. The van der Waals surface area contributed by atoms with Gasteiger partial charge in [0.05, 0.1) is 18.5 Å². The number of hydrogen-bond donors (Lipinski definition) is 2. The van der Waals surface area contributed by atoms with Gasteiger partial charge in [0.25, 0.3) is 0 Å². The Morgan fingerprint density at radius 3 is 2.06 bits per heavy atom. The second kappa shape index (κ2) is 11.3. The van der Waals surface area contributed by atoms with Crippen LogP contribution in [0.1, 0.15) is 49.3 Å². The van der Waals surface area contributed by atoms with E-state index in [9.17, 15) is 9.59 Å². The summed E-state index contributed by atoms with van der Waals surface area (Å²) in [5, 5.41) is 2.89. The molecule has 2 atom stereocenters. The first-order valence-corrected chi connectivity index (χ1v) is 12.4. The number of amides is 1. The van der Waals surface area contributed by atoms with Gasteiger partial charge < -0.3 is 15.8 Å². The normalized spacial score (nSPS) is 14.2. The molecule has 0 aromatic heterocycles. The molecule has 35 heavy (non-hydrogen) atoms. The number of carbonyl (C=O) groups excluding carboxylic acids is 2. The first-order chi connectivity index (χ1) is 16.9. The first kappa shape index (κ1) is 24.7. The van der Waals surface area contributed by atoms with Crippen LogP contribution in [-0.4, -0.2) is 24.6 Å². The lowest BCUT2D eigenvalue weighted by Gasteiger charge is -2.21. The lowest BCUT2D eigenvalue weighted by molar-refractivity contribution is -0.147. The summed E-state index contributed by atoms with van der Waals surface area (Å²) in [6.45, 7) is 4.37. The second-order valence-corrected chi connectivity index (χ2v) is 9.75. The van der Waals surface area contributed by atoms with Gasteiger partial charge in [-0.15, -0.1) is 0 Å². The van der Waals surface area contributed by atoms with Crippen molar-refractivity contribution in [1.29, 1.82) is 0 Å². The summed E-state index contributed by atoms with van der Waals surface area (Å²) in [5.41, 5.74) is 11.8. The molecular formula is C30H34N2O3. The van der Waals surface area contributed by atoms with Crippen molar-refractivity contribution in [3.05, 3.63) is 95.6 Å². The van der Waals surface area contributed by atoms with Crippen molar-refractivity contribution in [3.8, 4) is 11.1 Å². The Morgan fingerprint density at radius 2 is 1.46 bits per heavy atom. The molecule has 3 aromatic carbocycles. The Morgan fingerprint density at radius 1 is 0.886 bits per heavy atom. The highest BCUT2D eigenvalue weighted by atomic mass is 16.5. The predicted molar refractivity (Wildman–Crippen MR) is 139 cm³/mol. The number of rotatable bonds is 10. The Bertz CT molecular complexity index is 1110. The lowest BCUT2D eigenvalue weighted by Crippen LogP contribution is -2.46. The van der Waals surface area contributed by atoms with Crippen molar-refractivity contribution in [2.45, 2.75) is 45.2 Å². The van der Waals surface area contributed by atoms with Gasteiger partial charge in [-0.2, -0.15) is 0 Å². The van der Waals surface area contributed by atoms with Crippen molar-refractivity contribution in [1.82, 2.24) is 5.32 Å². The molecule has 3 aromatic rings. The van der Waals surface area contributed by atoms with Crippen LogP contribution >= 0.6 is 0 Å². The van der Waals surface area contributed by atoms with Crippen LogP contribution in [-0.2, 0) is 20.7 Å². The van der Waals surface area contributed by atoms with E-state index in [1.54, 1.807) is 0 Å². The zero-order chi connectivity index (χ0) is 24.8. The fourth-order valence-electron chi connectivity index (χ4n) is 4.90. The standard InChI is InChI=1S/C30H34N2O3/c1-20(2)16-28(31)32-30(34)22(17-21-10-4-3-5-11-21)18-29(33)35-19-27-25-14-8-6-12-23(25)24-13-7-9-15-26(24)27/h3-15,20,22,27-28H,16-19,31H2,1-2H3,(H,32,34)/t22-,28-/m1/s1. The Balaban J connectivity index is 1.43. The molecular weight excluding hydrogens is 436 g/mol. The molecule has 1 aliphatic carbocycles. The summed E-state index contributed by atoms with van der Waals surface area (Å²) in [4.78, 5) is 26.0. The van der Waals surface area contributed by atoms with Gasteiger partial charge >= 0.3 is 5.97 Å². The average molecular weight is 471 g/mol. The van der Waals surface area contributed by atoms with Gasteiger partial charge in [0.15, 0.2) is 0 Å². The maximum Gasteiger partial charge on any atom is 0.306 e. The van der Waals surface area contributed by atoms with E-state index in [2.05, 4.69) is 43.4 Å². The Kier molecular flexibility index (Phi) is 7.98. The van der Waals surface area contributed by atoms with Crippen LogP contribution in [0.25, 0.3) is 11.1 Å². The third-order valence-electron chi connectivity index (χ3n) is 6.54. The van der Waals surface area contributed by atoms with Crippen LogP contribution in [0.5, 0.6) is 0 Å². The topological polar surface area (TPSA) is 81.4 Å². The monoisotopic (exact) mass is 470 g/mol. The molecule has 182 valence electrons. The van der Waals surface area contributed by atoms with Crippen LogP contribution in [0.15, 0.2) is 78.9 Å². The highest BCUT2D eigenvalue weighted by Crippen LogP contribution is 2.44. The van der Waals surface area contributed by atoms with Crippen LogP contribution in [0.2, 0.25) is 0 Å². The summed E-state index contributed by atoms with van der Waals surface area (Å²) < 4.78 is 5.78. The van der Waals surface area contributed by atoms with Crippen molar-refractivity contribution in [3.63, 3.8) is 0 Å². The van der Waals surface area contributed by atoms with Gasteiger partial charge in [-0.25, -0.2) is 0 Å². The lowest BCUT2D eigenvalue weighted by atomic mass is 9.94. The smallest absolute Gasteiger partial charge is 0.306 e. The molecule has 0 bridgehead atoms. The molecule has 5 nitrogen and oxygen atoms in total. The summed E-state index contributed by atoms with van der Waals surface area (Å²) >= 11 is 0. The van der Waals surface area contributed by atoms with Gasteiger partial charge in [-0.3, -0.25) is 9.59 Å². The summed E-state index contributed by atoms with van der Waals surface area (Å²) in [6.07, 6.45) is 0.689. The molecule has 0 saturated heterocycles. The van der Waals surface area contributed by atoms with Crippen molar-refractivity contribution in [2.24, 2.45) is 17.6 Å². The molecule has 0 saturated carbocycles. The molecule has 0 radical (unpaired) electrons. The van der Waals surface area contributed by atoms with E-state index in [1.807, 2.05) is 54.6 Å². The SMILES string of the molecule is CC(C)C[C@H](N)NC(=O)[C@@H](CC(=O)OCC1c2ccccc2-c2ccccc21)Cc1ccccc1. The quantitative estimate of drug-likeness (QED) is 0.321. The second-order valence-electron chi connectivity index (χ2n) is 9.75. The Hall–Kier alpha value is -3.44. The molecule has 3 N–H and O–H groups in total. The minimum atomic E-state index is -0.550. The molecule has 0 heterocycles. The van der Waals surface area contributed by atoms with E-state index in [0.717, 1.165) is 5.56 Å². The van der Waals surface area contributed by atoms with Gasteiger partial charge in [-0.1, -0.05) is 92.7 Å². The zero-order valence-electron chi connectivity index (χ0n) is 20.4. The van der Waals surface area contributed by atoms with E-state index < -0.39 is 12.1 Å². The van der Waals surface area contributed by atoms with E-state index in [-0.39, 0.29) is 30.8 Å². The maximum absolute atomic E-state index is 13.1. The van der Waals surface area contributed by atoms with E-state index in [4.69, 9.17) is 10.5 Å². The van der Waals surface area contributed by atoms with Gasteiger partial charge in [0, 0.05) is 5.92 Å². The predicted octanol–water partition coefficient (Wildman–Crippen LogP) is 5.04. The fraction of sp³-hybridized carbons (Fsp3) is 0.333. The van der Waals surface area contributed by atoms with Crippen molar-refractivity contribution < 1.29 is 14.3 Å². The number of ether oxygens (including phenoxy) is 1. The molecule has 1 amide bonds. The minimum Gasteiger partial charge on any atom is -0.465 e. The van der Waals surface area contributed by atoms with Gasteiger partial charge in [0.2, 0.25) is 5.91 Å². The Labute approximate surface area is 207 Å². The van der Waals surface area contributed by atoms with Crippen LogP contribution in [0.3, 0.4) is 0 Å². The summed E-state index contributed by atoms with van der Waals surface area (Å²) in [6, 6.07) is 26.2. The number of fused-ring (bicyclic) bond motifs is 3. The van der Waals surface area contributed by atoms with E-state index in [1.165, 1.54) is 22.3 Å². The molecule has 1 aliphatic rings. The highest BCUT2D eigenvalue weighted by Gasteiger charge is 2.30. The van der Waals surface area contributed by atoms with Gasteiger partial charge in [-0.05, 0) is 46.6 Å². The first-order valence-electron chi connectivity index (χ1n) is 12.4. The molecule has 0 fully saturated rings. The van der Waals surface area contributed by atoms with Crippen molar-refractivity contribution in [2.75, 3.05) is 6.61 Å². The zero-order valence-corrected chi connectivity index (χ0v) is 20.4. The molecule has 0 unspecified atom stereocenters. The number of esters is 1.